The molecule has 2 atom stereocenters. The van der Waals surface area contributed by atoms with Gasteiger partial charge in [0.25, 0.3) is 0 Å². The van der Waals surface area contributed by atoms with Gasteiger partial charge in [0.2, 0.25) is 0 Å². The van der Waals surface area contributed by atoms with E-state index in [1.54, 1.807) is 0 Å². The van der Waals surface area contributed by atoms with E-state index in [0.29, 0.717) is 18.6 Å². The van der Waals surface area contributed by atoms with Gasteiger partial charge in [-0.25, -0.2) is 0 Å². The molecule has 0 aromatic rings. The highest BCUT2D eigenvalue weighted by molar-refractivity contribution is 5.81. The standard InChI is InChI=1S/C15H24O2/c1-14(2,17)11-6-8-15(3)7-4-5-12(15)10-13(16)9-11/h5,11,17H,4,6-10H2,1-3H3/t11-,15-/m0/s1. The number of allylic oxidation sites excluding steroid dienone is 2. The highest BCUT2D eigenvalue weighted by Crippen LogP contribution is 2.47. The van der Waals surface area contributed by atoms with Crippen molar-refractivity contribution in [2.75, 3.05) is 0 Å². The van der Waals surface area contributed by atoms with Crippen LogP contribution in [-0.4, -0.2) is 16.5 Å². The lowest BCUT2D eigenvalue weighted by molar-refractivity contribution is -0.122. The first-order valence-corrected chi connectivity index (χ1v) is 6.75. The average Bonchev–Trinajstić information content (AvgIpc) is 2.51. The number of rotatable bonds is 1. The number of carbonyl (C=O) groups is 1. The number of hydrogen-bond acceptors (Lipinski definition) is 2. The van der Waals surface area contributed by atoms with Gasteiger partial charge in [-0.1, -0.05) is 18.6 Å². The topological polar surface area (TPSA) is 37.3 Å². The Bertz CT molecular complexity index is 348. The quantitative estimate of drug-likeness (QED) is 0.710. The Hall–Kier alpha value is -0.630. The molecule has 1 saturated carbocycles. The van der Waals surface area contributed by atoms with E-state index in [0.717, 1.165) is 19.3 Å². The predicted molar refractivity (Wildman–Crippen MR) is 68.7 cm³/mol. The van der Waals surface area contributed by atoms with Gasteiger partial charge in [-0.15, -0.1) is 0 Å². The van der Waals surface area contributed by atoms with Crippen LogP contribution in [0.5, 0.6) is 0 Å². The van der Waals surface area contributed by atoms with Crippen LogP contribution in [0.2, 0.25) is 0 Å². The van der Waals surface area contributed by atoms with Crippen molar-refractivity contribution in [2.24, 2.45) is 11.3 Å². The highest BCUT2D eigenvalue weighted by atomic mass is 16.3. The highest BCUT2D eigenvalue weighted by Gasteiger charge is 2.39. The number of fused-ring (bicyclic) bond motifs is 1. The van der Waals surface area contributed by atoms with Gasteiger partial charge in [-0.05, 0) is 50.9 Å². The predicted octanol–water partition coefficient (Wildman–Crippen LogP) is 3.24. The van der Waals surface area contributed by atoms with Gasteiger partial charge in [0, 0.05) is 12.8 Å². The molecule has 2 rings (SSSR count). The van der Waals surface area contributed by atoms with Crippen molar-refractivity contribution < 1.29 is 9.90 Å². The molecular weight excluding hydrogens is 212 g/mol. The van der Waals surface area contributed by atoms with E-state index < -0.39 is 5.60 Å². The van der Waals surface area contributed by atoms with Crippen molar-refractivity contribution in [3.63, 3.8) is 0 Å². The minimum absolute atomic E-state index is 0.119. The Morgan fingerprint density at radius 2 is 2.12 bits per heavy atom. The number of Topliss-reactive ketones (excluding diaryl/α,β-unsaturated/α-hetero) is 1. The Morgan fingerprint density at radius 1 is 1.41 bits per heavy atom. The lowest BCUT2D eigenvalue weighted by Crippen LogP contribution is -2.35. The van der Waals surface area contributed by atoms with Gasteiger partial charge < -0.3 is 5.11 Å². The molecule has 96 valence electrons. The van der Waals surface area contributed by atoms with Crippen LogP contribution in [-0.2, 0) is 4.79 Å². The van der Waals surface area contributed by atoms with Crippen LogP contribution in [0.3, 0.4) is 0 Å². The monoisotopic (exact) mass is 236 g/mol. The van der Waals surface area contributed by atoms with Crippen LogP contribution >= 0.6 is 0 Å². The third kappa shape index (κ3) is 2.62. The maximum atomic E-state index is 12.0. The summed E-state index contributed by atoms with van der Waals surface area (Å²) in [4.78, 5) is 12.0. The third-order valence-electron chi connectivity index (χ3n) is 4.77. The minimum Gasteiger partial charge on any atom is -0.390 e. The number of hydrogen-bond donors (Lipinski definition) is 1. The van der Waals surface area contributed by atoms with Crippen LogP contribution in [0.4, 0.5) is 0 Å². The SMILES string of the molecule is CC(C)(O)[C@H]1CC[C@]2(C)CCC=C2CC(=O)C1. The van der Waals surface area contributed by atoms with E-state index in [1.807, 2.05) is 13.8 Å². The largest absolute Gasteiger partial charge is 0.390 e. The van der Waals surface area contributed by atoms with Crippen LogP contribution in [0.25, 0.3) is 0 Å². The molecule has 2 heteroatoms. The summed E-state index contributed by atoms with van der Waals surface area (Å²) < 4.78 is 0. The summed E-state index contributed by atoms with van der Waals surface area (Å²) in [5, 5.41) is 10.1. The first-order chi connectivity index (χ1) is 7.81. The molecule has 0 spiro atoms. The smallest absolute Gasteiger partial charge is 0.137 e. The summed E-state index contributed by atoms with van der Waals surface area (Å²) in [7, 11) is 0. The first-order valence-electron chi connectivity index (χ1n) is 6.75. The summed E-state index contributed by atoms with van der Waals surface area (Å²) in [6.45, 7) is 5.95. The second-order valence-electron chi connectivity index (χ2n) is 6.64. The normalized spacial score (nSPS) is 34.9. The summed E-state index contributed by atoms with van der Waals surface area (Å²) in [5.74, 6) is 0.421. The zero-order valence-corrected chi connectivity index (χ0v) is 11.3. The van der Waals surface area contributed by atoms with Crippen LogP contribution in [0, 0.1) is 11.3 Å². The third-order valence-corrected chi connectivity index (χ3v) is 4.77. The summed E-state index contributed by atoms with van der Waals surface area (Å²) in [6, 6.07) is 0. The molecule has 0 aliphatic heterocycles. The average molecular weight is 236 g/mol. The maximum absolute atomic E-state index is 12.0. The molecule has 17 heavy (non-hydrogen) atoms. The van der Waals surface area contributed by atoms with Gasteiger partial charge in [0.05, 0.1) is 5.60 Å². The molecular formula is C15H24O2. The molecule has 2 aliphatic carbocycles. The van der Waals surface area contributed by atoms with E-state index in [9.17, 15) is 9.90 Å². The van der Waals surface area contributed by atoms with Crippen LogP contribution in [0.15, 0.2) is 11.6 Å². The van der Waals surface area contributed by atoms with E-state index in [-0.39, 0.29) is 11.3 Å². The zero-order valence-electron chi connectivity index (χ0n) is 11.3. The van der Waals surface area contributed by atoms with Crippen LogP contribution < -0.4 is 0 Å². The first kappa shape index (κ1) is 12.8. The molecule has 2 nitrogen and oxygen atoms in total. The lowest BCUT2D eigenvalue weighted by atomic mass is 9.70. The Labute approximate surface area is 104 Å². The second-order valence-corrected chi connectivity index (χ2v) is 6.64. The molecule has 2 aliphatic rings. The summed E-state index contributed by atoms with van der Waals surface area (Å²) >= 11 is 0. The Kier molecular flexibility index (Phi) is 3.19. The van der Waals surface area contributed by atoms with E-state index in [4.69, 9.17) is 0 Å². The lowest BCUT2D eigenvalue weighted by Gasteiger charge is -2.36. The molecule has 0 aromatic carbocycles. The Balaban J connectivity index is 2.18. The molecule has 0 heterocycles. The van der Waals surface area contributed by atoms with Gasteiger partial charge in [-0.3, -0.25) is 4.79 Å². The molecule has 0 radical (unpaired) electrons. The minimum atomic E-state index is -0.730. The molecule has 0 amide bonds. The molecule has 1 N–H and O–H groups in total. The van der Waals surface area contributed by atoms with E-state index >= 15 is 0 Å². The van der Waals surface area contributed by atoms with Crippen molar-refractivity contribution in [3.8, 4) is 0 Å². The number of aliphatic hydroxyl groups is 1. The molecule has 0 bridgehead atoms. The maximum Gasteiger partial charge on any atom is 0.137 e. The molecule has 0 saturated heterocycles. The summed E-state index contributed by atoms with van der Waals surface area (Å²) in [6.07, 6.45) is 7.78. The van der Waals surface area contributed by atoms with Crippen molar-refractivity contribution in [1.29, 1.82) is 0 Å². The second kappa shape index (κ2) is 4.24. The van der Waals surface area contributed by atoms with E-state index in [2.05, 4.69) is 13.0 Å². The fourth-order valence-corrected chi connectivity index (χ4v) is 3.30. The Morgan fingerprint density at radius 3 is 2.76 bits per heavy atom. The molecule has 1 fully saturated rings. The van der Waals surface area contributed by atoms with E-state index in [1.165, 1.54) is 12.0 Å². The van der Waals surface area contributed by atoms with Gasteiger partial charge in [0.15, 0.2) is 0 Å². The fourth-order valence-electron chi connectivity index (χ4n) is 3.30. The number of carbonyl (C=O) groups excluding carboxylic acids is 1. The van der Waals surface area contributed by atoms with Crippen molar-refractivity contribution in [3.05, 3.63) is 11.6 Å². The van der Waals surface area contributed by atoms with Crippen molar-refractivity contribution in [1.82, 2.24) is 0 Å². The summed E-state index contributed by atoms with van der Waals surface area (Å²) in [5.41, 5.74) is 0.850. The number of ketones is 1. The van der Waals surface area contributed by atoms with Gasteiger partial charge >= 0.3 is 0 Å². The fraction of sp³-hybridized carbons (Fsp3) is 0.800. The van der Waals surface area contributed by atoms with Gasteiger partial charge in [0.1, 0.15) is 5.78 Å². The molecule has 0 aromatic heterocycles. The van der Waals surface area contributed by atoms with Crippen molar-refractivity contribution in [2.45, 2.75) is 64.9 Å². The van der Waals surface area contributed by atoms with Crippen LogP contribution in [0.1, 0.15) is 59.3 Å². The van der Waals surface area contributed by atoms with Crippen molar-refractivity contribution >= 4 is 5.78 Å². The van der Waals surface area contributed by atoms with Gasteiger partial charge in [-0.2, -0.15) is 0 Å². The molecule has 0 unspecified atom stereocenters. The zero-order chi connectivity index (χ0) is 12.7.